The number of aromatic nitrogens is 2. The van der Waals surface area contributed by atoms with Gasteiger partial charge in [0, 0.05) is 29.1 Å². The van der Waals surface area contributed by atoms with Crippen molar-refractivity contribution in [1.29, 1.82) is 0 Å². The Balaban J connectivity index is 1.81. The Morgan fingerprint density at radius 2 is 2.05 bits per heavy atom. The molecule has 21 heavy (non-hydrogen) atoms. The van der Waals surface area contributed by atoms with E-state index in [-0.39, 0.29) is 5.78 Å². The monoisotopic (exact) mass is 282 g/mol. The minimum absolute atomic E-state index is 0.0496. The van der Waals surface area contributed by atoms with Crippen molar-refractivity contribution in [1.82, 2.24) is 9.97 Å². The van der Waals surface area contributed by atoms with Crippen molar-refractivity contribution in [2.75, 3.05) is 10.6 Å². The van der Waals surface area contributed by atoms with Crippen LogP contribution in [0.5, 0.6) is 0 Å². The summed E-state index contributed by atoms with van der Waals surface area (Å²) < 4.78 is 0. The van der Waals surface area contributed by atoms with Gasteiger partial charge in [0.25, 0.3) is 0 Å². The fourth-order valence-electron chi connectivity index (χ4n) is 2.07. The number of hydrogen-bond donors (Lipinski definition) is 2. The van der Waals surface area contributed by atoms with Crippen molar-refractivity contribution in [3.05, 3.63) is 41.6 Å². The third kappa shape index (κ3) is 3.56. The van der Waals surface area contributed by atoms with Crippen LogP contribution in [-0.4, -0.2) is 21.8 Å². The van der Waals surface area contributed by atoms with Gasteiger partial charge in [-0.3, -0.25) is 4.79 Å². The van der Waals surface area contributed by atoms with Gasteiger partial charge in [-0.25, -0.2) is 4.98 Å². The molecule has 0 unspecified atom stereocenters. The topological polar surface area (TPSA) is 66.9 Å². The van der Waals surface area contributed by atoms with Gasteiger partial charge in [-0.1, -0.05) is 12.1 Å². The lowest BCUT2D eigenvalue weighted by atomic mass is 10.1. The van der Waals surface area contributed by atoms with Gasteiger partial charge in [-0.2, -0.15) is 4.98 Å². The highest BCUT2D eigenvalue weighted by molar-refractivity contribution is 5.95. The van der Waals surface area contributed by atoms with E-state index in [1.165, 1.54) is 12.8 Å². The van der Waals surface area contributed by atoms with Crippen LogP contribution >= 0.6 is 0 Å². The first-order chi connectivity index (χ1) is 10.1. The highest BCUT2D eigenvalue weighted by atomic mass is 16.1. The third-order valence-corrected chi connectivity index (χ3v) is 3.31. The number of ketones is 1. The molecule has 1 fully saturated rings. The average Bonchev–Trinajstić information content (AvgIpc) is 3.22. The lowest BCUT2D eigenvalue weighted by Crippen LogP contribution is -2.07. The number of carbonyl (C=O) groups is 1. The van der Waals surface area contributed by atoms with Crippen LogP contribution in [0, 0.1) is 6.92 Å². The van der Waals surface area contributed by atoms with Crippen molar-refractivity contribution in [2.24, 2.45) is 0 Å². The predicted molar refractivity (Wildman–Crippen MR) is 83.1 cm³/mol. The molecule has 1 aliphatic carbocycles. The van der Waals surface area contributed by atoms with Gasteiger partial charge < -0.3 is 10.6 Å². The maximum Gasteiger partial charge on any atom is 0.225 e. The molecule has 3 rings (SSSR count). The van der Waals surface area contributed by atoms with E-state index < -0.39 is 0 Å². The van der Waals surface area contributed by atoms with Crippen LogP contribution in [-0.2, 0) is 0 Å². The highest BCUT2D eigenvalue weighted by Crippen LogP contribution is 2.24. The molecule has 0 atom stereocenters. The van der Waals surface area contributed by atoms with E-state index in [9.17, 15) is 4.79 Å². The lowest BCUT2D eigenvalue weighted by Gasteiger charge is -2.10. The molecular formula is C16H18N4O. The second kappa shape index (κ2) is 5.52. The molecule has 108 valence electrons. The maximum atomic E-state index is 11.4. The van der Waals surface area contributed by atoms with Gasteiger partial charge in [0.15, 0.2) is 5.78 Å². The number of nitrogens with zero attached hydrogens (tertiary/aromatic N) is 2. The first-order valence-corrected chi connectivity index (χ1v) is 7.10. The first kappa shape index (κ1) is 13.5. The molecule has 2 N–H and O–H groups in total. The van der Waals surface area contributed by atoms with Crippen molar-refractivity contribution in [3.63, 3.8) is 0 Å². The number of aryl methyl sites for hydroxylation is 1. The molecule has 0 bridgehead atoms. The van der Waals surface area contributed by atoms with Crippen LogP contribution in [0.15, 0.2) is 30.3 Å². The summed E-state index contributed by atoms with van der Waals surface area (Å²) in [7, 11) is 0. The number of rotatable bonds is 5. The fraction of sp³-hybridized carbons (Fsp3) is 0.312. The zero-order valence-corrected chi connectivity index (χ0v) is 12.2. The molecule has 0 spiro atoms. The molecule has 0 saturated heterocycles. The Hall–Kier alpha value is -2.43. The van der Waals surface area contributed by atoms with Gasteiger partial charge in [-0.15, -0.1) is 0 Å². The van der Waals surface area contributed by atoms with E-state index >= 15 is 0 Å². The zero-order chi connectivity index (χ0) is 14.8. The second-order valence-electron chi connectivity index (χ2n) is 5.40. The SMILES string of the molecule is CC(=O)c1cccc(Nc2cc(C)nc(NC3CC3)n2)c1. The average molecular weight is 282 g/mol. The maximum absolute atomic E-state index is 11.4. The normalized spacial score (nSPS) is 13.8. The first-order valence-electron chi connectivity index (χ1n) is 7.10. The molecule has 1 aromatic heterocycles. The molecule has 5 heteroatoms. The minimum atomic E-state index is 0.0496. The van der Waals surface area contributed by atoms with Crippen LogP contribution in [0.1, 0.15) is 35.8 Å². The zero-order valence-electron chi connectivity index (χ0n) is 12.2. The lowest BCUT2D eigenvalue weighted by molar-refractivity contribution is 0.101. The number of benzene rings is 1. The molecule has 1 heterocycles. The van der Waals surface area contributed by atoms with Crippen LogP contribution in [0.3, 0.4) is 0 Å². The Kier molecular flexibility index (Phi) is 3.56. The smallest absolute Gasteiger partial charge is 0.225 e. The number of anilines is 3. The van der Waals surface area contributed by atoms with Crippen LogP contribution in [0.4, 0.5) is 17.5 Å². The molecule has 2 aromatic rings. The molecule has 1 aliphatic rings. The number of Topliss-reactive ketones (excluding diaryl/α,β-unsaturated/α-hetero) is 1. The summed E-state index contributed by atoms with van der Waals surface area (Å²) in [5, 5.41) is 6.53. The summed E-state index contributed by atoms with van der Waals surface area (Å²) in [6.07, 6.45) is 2.36. The van der Waals surface area contributed by atoms with E-state index in [4.69, 9.17) is 0 Å². The third-order valence-electron chi connectivity index (χ3n) is 3.31. The predicted octanol–water partition coefficient (Wildman–Crippen LogP) is 3.31. The number of carbonyl (C=O) groups excluding carboxylic acids is 1. The van der Waals surface area contributed by atoms with Crippen LogP contribution in [0.25, 0.3) is 0 Å². The van der Waals surface area contributed by atoms with Gasteiger partial charge in [0.1, 0.15) is 5.82 Å². The highest BCUT2D eigenvalue weighted by Gasteiger charge is 2.22. The molecule has 0 radical (unpaired) electrons. The summed E-state index contributed by atoms with van der Waals surface area (Å²) in [5.74, 6) is 1.43. The fourth-order valence-corrected chi connectivity index (χ4v) is 2.07. The van der Waals surface area contributed by atoms with E-state index in [1.54, 1.807) is 13.0 Å². The van der Waals surface area contributed by atoms with E-state index in [0.717, 1.165) is 17.2 Å². The Labute approximate surface area is 123 Å². The Morgan fingerprint density at radius 1 is 1.24 bits per heavy atom. The van der Waals surface area contributed by atoms with Gasteiger partial charge in [0.05, 0.1) is 0 Å². The van der Waals surface area contributed by atoms with Crippen LogP contribution in [0.2, 0.25) is 0 Å². The minimum Gasteiger partial charge on any atom is -0.351 e. The van der Waals surface area contributed by atoms with Crippen LogP contribution < -0.4 is 10.6 Å². The molecule has 1 aromatic carbocycles. The molecular weight excluding hydrogens is 264 g/mol. The molecule has 5 nitrogen and oxygen atoms in total. The van der Waals surface area contributed by atoms with E-state index in [0.29, 0.717) is 17.6 Å². The quantitative estimate of drug-likeness (QED) is 0.824. The summed E-state index contributed by atoms with van der Waals surface area (Å²) in [6.45, 7) is 3.50. The number of hydrogen-bond acceptors (Lipinski definition) is 5. The van der Waals surface area contributed by atoms with Gasteiger partial charge in [0.2, 0.25) is 5.95 Å². The van der Waals surface area contributed by atoms with E-state index in [2.05, 4.69) is 20.6 Å². The van der Waals surface area contributed by atoms with Gasteiger partial charge >= 0.3 is 0 Å². The number of nitrogens with one attached hydrogen (secondary N) is 2. The summed E-state index contributed by atoms with van der Waals surface area (Å²) in [4.78, 5) is 20.3. The molecule has 0 aliphatic heterocycles. The summed E-state index contributed by atoms with van der Waals surface area (Å²) in [5.41, 5.74) is 2.43. The van der Waals surface area contributed by atoms with Crippen molar-refractivity contribution in [2.45, 2.75) is 32.7 Å². The standard InChI is InChI=1S/C16H18N4O/c1-10-8-15(20-16(17-10)19-13-6-7-13)18-14-5-3-4-12(9-14)11(2)21/h3-5,8-9,13H,6-7H2,1-2H3,(H2,17,18,19,20). The van der Waals surface area contributed by atoms with Crippen molar-refractivity contribution < 1.29 is 4.79 Å². The molecule has 0 amide bonds. The summed E-state index contributed by atoms with van der Waals surface area (Å²) >= 11 is 0. The Morgan fingerprint density at radius 3 is 2.76 bits per heavy atom. The second-order valence-corrected chi connectivity index (χ2v) is 5.40. The van der Waals surface area contributed by atoms with E-state index in [1.807, 2.05) is 31.2 Å². The Bertz CT molecular complexity index is 680. The molecule has 1 saturated carbocycles. The van der Waals surface area contributed by atoms with Crippen molar-refractivity contribution in [3.8, 4) is 0 Å². The van der Waals surface area contributed by atoms with Gasteiger partial charge in [-0.05, 0) is 38.8 Å². The largest absolute Gasteiger partial charge is 0.351 e. The summed E-state index contributed by atoms with van der Waals surface area (Å²) in [6, 6.07) is 9.81. The van der Waals surface area contributed by atoms with Crippen molar-refractivity contribution >= 4 is 23.2 Å².